The van der Waals surface area contributed by atoms with E-state index in [1.54, 1.807) is 48.5 Å². The second-order valence-corrected chi connectivity index (χ2v) is 9.15. The van der Waals surface area contributed by atoms with Crippen molar-refractivity contribution in [1.29, 1.82) is 0 Å². The van der Waals surface area contributed by atoms with Crippen LogP contribution in [0.1, 0.15) is 69.4 Å². The number of hydrogen-bond donors (Lipinski definition) is 6. The zero-order chi connectivity index (χ0) is 32.1. The lowest BCUT2D eigenvalue weighted by molar-refractivity contribution is -0.129. The van der Waals surface area contributed by atoms with Gasteiger partial charge in [0.2, 0.25) is 23.6 Å². The summed E-state index contributed by atoms with van der Waals surface area (Å²) in [4.78, 5) is 58.5. The number of rotatable bonds is 13. The highest BCUT2D eigenvalue weighted by atomic mass is 16.2. The Balaban J connectivity index is 0.00000130. The van der Waals surface area contributed by atoms with Gasteiger partial charge in [0.25, 0.3) is 0 Å². The zero-order valence-corrected chi connectivity index (χ0v) is 25.5. The van der Waals surface area contributed by atoms with E-state index in [1.807, 2.05) is 33.8 Å². The van der Waals surface area contributed by atoms with Gasteiger partial charge in [-0.05, 0) is 31.4 Å². The molecule has 0 unspecified atom stereocenters. The molecule has 2 rings (SSSR count). The van der Waals surface area contributed by atoms with E-state index in [9.17, 15) is 24.0 Å². The molecule has 0 bridgehead atoms. The second-order valence-electron chi connectivity index (χ2n) is 9.15. The first-order chi connectivity index (χ1) is 19.9. The third-order valence-electron chi connectivity index (χ3n) is 5.42. The molecule has 11 heteroatoms. The van der Waals surface area contributed by atoms with Gasteiger partial charge in [-0.15, -0.1) is 0 Å². The van der Waals surface area contributed by atoms with Crippen LogP contribution in [0.3, 0.4) is 0 Å². The highest BCUT2D eigenvalue weighted by molar-refractivity contribution is 6.08. The third-order valence-corrected chi connectivity index (χ3v) is 5.42. The van der Waals surface area contributed by atoms with Crippen molar-refractivity contribution in [3.05, 3.63) is 82.7 Å². The number of hydrogen-bond acceptors (Lipinski definition) is 7. The molecule has 42 heavy (non-hydrogen) atoms. The molecule has 2 aromatic rings. The van der Waals surface area contributed by atoms with Gasteiger partial charge >= 0.3 is 0 Å². The third kappa shape index (κ3) is 15.8. The minimum Gasteiger partial charge on any atom is -0.386 e. The van der Waals surface area contributed by atoms with Crippen molar-refractivity contribution >= 4 is 29.4 Å². The largest absolute Gasteiger partial charge is 0.386 e. The van der Waals surface area contributed by atoms with Crippen molar-refractivity contribution in [2.75, 3.05) is 19.6 Å². The summed E-state index contributed by atoms with van der Waals surface area (Å²) < 4.78 is 0. The average Bonchev–Trinajstić information content (AvgIpc) is 2.99. The minimum absolute atomic E-state index is 0.123. The van der Waals surface area contributed by atoms with Crippen molar-refractivity contribution < 1.29 is 24.0 Å². The van der Waals surface area contributed by atoms with Crippen molar-refractivity contribution in [3.8, 4) is 0 Å². The number of primary amides is 1. The molecule has 2 aromatic carbocycles. The van der Waals surface area contributed by atoms with Crippen LogP contribution in [0.25, 0.3) is 0 Å². The van der Waals surface area contributed by atoms with Gasteiger partial charge < -0.3 is 32.7 Å². The van der Waals surface area contributed by atoms with Crippen LogP contribution in [0.4, 0.5) is 0 Å². The van der Waals surface area contributed by atoms with E-state index in [2.05, 4.69) is 28.2 Å². The Kier molecular flexibility index (Phi) is 18.8. The molecule has 0 saturated heterocycles. The lowest BCUT2D eigenvalue weighted by atomic mass is 9.99. The van der Waals surface area contributed by atoms with Gasteiger partial charge in [-0.3, -0.25) is 24.0 Å². The molecule has 0 saturated carbocycles. The predicted octanol–water partition coefficient (Wildman–Crippen LogP) is 1.90. The molecule has 11 nitrogen and oxygen atoms in total. The van der Waals surface area contributed by atoms with E-state index in [1.165, 1.54) is 6.92 Å². The van der Waals surface area contributed by atoms with Crippen LogP contribution in [-0.2, 0) is 25.6 Å². The first-order valence-corrected chi connectivity index (χ1v) is 13.9. The molecule has 0 radical (unpaired) electrons. The SMILES string of the molecule is CC.CC(=O)NCC(=O)NCC(=O)N[C@@H](Cc1ccc(C(=O)c2ccccc2)cc1)C(N)=O.CCCNC(N)=C(C)C. The van der Waals surface area contributed by atoms with Crippen LogP contribution in [0, 0.1) is 0 Å². The summed E-state index contributed by atoms with van der Waals surface area (Å²) in [5, 5.41) is 10.2. The van der Waals surface area contributed by atoms with Gasteiger partial charge in [-0.1, -0.05) is 75.4 Å². The molecule has 0 fully saturated rings. The smallest absolute Gasteiger partial charge is 0.240 e. The number of allylic oxidation sites excluding steroid dienone is 1. The topological polar surface area (TPSA) is 186 Å². The van der Waals surface area contributed by atoms with Gasteiger partial charge in [-0.25, -0.2) is 0 Å². The van der Waals surface area contributed by atoms with Crippen LogP contribution in [0.5, 0.6) is 0 Å². The average molecular weight is 583 g/mol. The minimum atomic E-state index is -0.990. The first-order valence-electron chi connectivity index (χ1n) is 13.9. The summed E-state index contributed by atoms with van der Waals surface area (Å²) >= 11 is 0. The van der Waals surface area contributed by atoms with Gasteiger partial charge in [0, 0.05) is 31.0 Å². The number of nitrogens with one attached hydrogen (secondary N) is 4. The van der Waals surface area contributed by atoms with Crippen LogP contribution in [-0.4, -0.2) is 55.1 Å². The fourth-order valence-corrected chi connectivity index (χ4v) is 3.13. The molecule has 0 aliphatic rings. The number of ketones is 1. The number of carbonyl (C=O) groups is 5. The normalized spacial score (nSPS) is 10.2. The van der Waals surface area contributed by atoms with Gasteiger partial charge in [0.1, 0.15) is 6.04 Å². The van der Waals surface area contributed by atoms with E-state index in [0.717, 1.165) is 24.4 Å². The number of carbonyl (C=O) groups excluding carboxylic acids is 5. The molecule has 230 valence electrons. The monoisotopic (exact) mass is 582 g/mol. The van der Waals surface area contributed by atoms with E-state index >= 15 is 0 Å². The summed E-state index contributed by atoms with van der Waals surface area (Å²) in [6.07, 6.45) is 1.24. The molecule has 1 atom stereocenters. The van der Waals surface area contributed by atoms with Crippen molar-refractivity contribution in [1.82, 2.24) is 21.3 Å². The lowest BCUT2D eigenvalue weighted by Crippen LogP contribution is -2.49. The molecule has 0 aliphatic carbocycles. The van der Waals surface area contributed by atoms with Crippen LogP contribution >= 0.6 is 0 Å². The molecule has 0 aliphatic heterocycles. The van der Waals surface area contributed by atoms with Gasteiger partial charge in [0.15, 0.2) is 5.78 Å². The van der Waals surface area contributed by atoms with E-state index in [4.69, 9.17) is 11.5 Å². The number of amides is 4. The predicted molar refractivity (Wildman–Crippen MR) is 165 cm³/mol. The summed E-state index contributed by atoms with van der Waals surface area (Å²) in [7, 11) is 0. The number of benzene rings is 2. The molecule has 0 aromatic heterocycles. The maximum atomic E-state index is 12.5. The molecular formula is C31H46N6O5. The van der Waals surface area contributed by atoms with Gasteiger partial charge in [-0.2, -0.15) is 0 Å². The maximum absolute atomic E-state index is 12.5. The molecule has 0 heterocycles. The molecular weight excluding hydrogens is 536 g/mol. The molecule has 8 N–H and O–H groups in total. The van der Waals surface area contributed by atoms with Gasteiger partial charge in [0.05, 0.1) is 18.9 Å². The van der Waals surface area contributed by atoms with E-state index in [0.29, 0.717) is 16.7 Å². The Labute approximate surface area is 248 Å². The van der Waals surface area contributed by atoms with Crippen molar-refractivity contribution in [2.45, 2.75) is 60.4 Å². The molecule has 0 spiro atoms. The fraction of sp³-hybridized carbons (Fsp3) is 0.387. The number of nitrogens with two attached hydrogens (primary N) is 2. The highest BCUT2D eigenvalue weighted by Gasteiger charge is 2.19. The lowest BCUT2D eigenvalue weighted by Gasteiger charge is -2.16. The summed E-state index contributed by atoms with van der Waals surface area (Å²) in [6.45, 7) is 11.7. The zero-order valence-electron chi connectivity index (χ0n) is 25.5. The highest BCUT2D eigenvalue weighted by Crippen LogP contribution is 2.12. The Morgan fingerprint density at radius 3 is 1.79 bits per heavy atom. The Bertz CT molecular complexity index is 1180. The van der Waals surface area contributed by atoms with Crippen LogP contribution in [0.15, 0.2) is 66.0 Å². The van der Waals surface area contributed by atoms with E-state index < -0.39 is 23.8 Å². The summed E-state index contributed by atoms with van der Waals surface area (Å²) in [6, 6.07) is 14.5. The van der Waals surface area contributed by atoms with Crippen LogP contribution < -0.4 is 32.7 Å². The molecule has 4 amide bonds. The second kappa shape index (κ2) is 21.1. The standard InChI is InChI=1S/C22H24N4O5.C7H16N2.C2H6/c1-14(27)24-12-19(28)25-13-20(29)26-18(22(23)31)11-15-7-9-17(10-8-15)21(30)16-5-3-2-4-6-16;1-4-5-9-7(8)6(2)3;1-2/h2-10,18H,11-13H2,1H3,(H2,23,31)(H,24,27)(H,25,28)(H,26,29);9H,4-5,8H2,1-3H3;1-2H3/t18-;;/m0../s1. The van der Waals surface area contributed by atoms with E-state index in [-0.39, 0.29) is 31.2 Å². The Morgan fingerprint density at radius 2 is 1.29 bits per heavy atom. The quantitative estimate of drug-likeness (QED) is 0.195. The van der Waals surface area contributed by atoms with Crippen molar-refractivity contribution in [2.24, 2.45) is 11.5 Å². The Hall–Kier alpha value is -4.67. The van der Waals surface area contributed by atoms with Crippen molar-refractivity contribution in [3.63, 3.8) is 0 Å². The summed E-state index contributed by atoms with van der Waals surface area (Å²) in [5.41, 5.74) is 13.9. The van der Waals surface area contributed by atoms with Crippen LogP contribution in [0.2, 0.25) is 0 Å². The maximum Gasteiger partial charge on any atom is 0.240 e. The summed E-state index contributed by atoms with van der Waals surface area (Å²) in [5.74, 6) is -1.55. The first kappa shape index (κ1) is 37.3. The Morgan fingerprint density at radius 1 is 0.738 bits per heavy atom. The fourth-order valence-electron chi connectivity index (χ4n) is 3.13.